The van der Waals surface area contributed by atoms with E-state index >= 15 is 0 Å². The first kappa shape index (κ1) is 22.9. The SMILES string of the molecule is CCCN(C(=O)c1cccc(F)c1)C1(C(=O)Nc2ccccc2)CC[NH+](CCC)CC1. The molecule has 6 heteroatoms. The minimum atomic E-state index is -0.952. The van der Waals surface area contributed by atoms with Crippen LogP contribution in [0.5, 0.6) is 0 Å². The summed E-state index contributed by atoms with van der Waals surface area (Å²) in [4.78, 5) is 30.4. The van der Waals surface area contributed by atoms with E-state index in [-0.39, 0.29) is 17.4 Å². The number of rotatable bonds is 8. The second kappa shape index (κ2) is 10.5. The van der Waals surface area contributed by atoms with Crippen molar-refractivity contribution in [1.29, 1.82) is 0 Å². The summed E-state index contributed by atoms with van der Waals surface area (Å²) in [6, 6.07) is 15.1. The fourth-order valence-electron chi connectivity index (χ4n) is 4.52. The third-order valence-electron chi connectivity index (χ3n) is 6.12. The number of nitrogens with zero attached hydrogens (tertiary/aromatic N) is 1. The molecule has 1 aliphatic heterocycles. The van der Waals surface area contributed by atoms with Crippen LogP contribution in [0, 0.1) is 5.82 Å². The predicted octanol–water partition coefficient (Wildman–Crippen LogP) is 3.14. The quantitative estimate of drug-likeness (QED) is 0.681. The number of carbonyl (C=O) groups is 2. The van der Waals surface area contributed by atoms with Crippen LogP contribution in [0.25, 0.3) is 0 Å². The van der Waals surface area contributed by atoms with Gasteiger partial charge in [0, 0.05) is 30.6 Å². The van der Waals surface area contributed by atoms with Crippen molar-refractivity contribution >= 4 is 17.5 Å². The van der Waals surface area contributed by atoms with Gasteiger partial charge < -0.3 is 15.1 Å². The number of carbonyl (C=O) groups excluding carboxylic acids is 2. The minimum Gasteiger partial charge on any atom is -0.335 e. The summed E-state index contributed by atoms with van der Waals surface area (Å²) in [5.74, 6) is -0.900. The van der Waals surface area contributed by atoms with Crippen LogP contribution >= 0.6 is 0 Å². The number of piperidine rings is 1. The van der Waals surface area contributed by atoms with Crippen LogP contribution in [0.4, 0.5) is 10.1 Å². The molecule has 1 aliphatic rings. The van der Waals surface area contributed by atoms with Gasteiger partial charge in [-0.25, -0.2) is 4.39 Å². The highest BCUT2D eigenvalue weighted by atomic mass is 19.1. The summed E-state index contributed by atoms with van der Waals surface area (Å²) < 4.78 is 13.8. The molecule has 0 aliphatic carbocycles. The van der Waals surface area contributed by atoms with E-state index in [9.17, 15) is 14.0 Å². The molecule has 2 aromatic carbocycles. The molecule has 2 N–H and O–H groups in total. The van der Waals surface area contributed by atoms with Gasteiger partial charge in [0.2, 0.25) is 0 Å². The lowest BCUT2D eigenvalue weighted by Crippen LogP contribution is -3.14. The third-order valence-corrected chi connectivity index (χ3v) is 6.12. The molecule has 166 valence electrons. The van der Waals surface area contributed by atoms with Gasteiger partial charge in [-0.2, -0.15) is 0 Å². The number of hydrogen-bond acceptors (Lipinski definition) is 2. The first-order chi connectivity index (χ1) is 15.0. The highest BCUT2D eigenvalue weighted by Crippen LogP contribution is 2.30. The van der Waals surface area contributed by atoms with Crippen LogP contribution in [0.2, 0.25) is 0 Å². The molecule has 2 aromatic rings. The van der Waals surface area contributed by atoms with Crippen LogP contribution in [0.1, 0.15) is 49.9 Å². The van der Waals surface area contributed by atoms with Crippen molar-refractivity contribution in [2.45, 2.75) is 45.1 Å². The largest absolute Gasteiger partial charge is 0.335 e. The van der Waals surface area contributed by atoms with Gasteiger partial charge in [-0.15, -0.1) is 0 Å². The molecular weight excluding hydrogens is 393 g/mol. The van der Waals surface area contributed by atoms with E-state index in [1.165, 1.54) is 23.1 Å². The smallest absolute Gasteiger partial charge is 0.254 e. The van der Waals surface area contributed by atoms with Gasteiger partial charge in [-0.05, 0) is 43.2 Å². The Labute approximate surface area is 184 Å². The molecule has 0 radical (unpaired) electrons. The minimum absolute atomic E-state index is 0.160. The Bertz CT molecular complexity index is 879. The summed E-state index contributed by atoms with van der Waals surface area (Å²) in [5.41, 5.74) is 0.0421. The summed E-state index contributed by atoms with van der Waals surface area (Å²) >= 11 is 0. The fourth-order valence-corrected chi connectivity index (χ4v) is 4.52. The average molecular weight is 427 g/mol. The van der Waals surface area contributed by atoms with Gasteiger partial charge in [-0.3, -0.25) is 9.59 Å². The molecule has 2 amide bonds. The van der Waals surface area contributed by atoms with Gasteiger partial charge >= 0.3 is 0 Å². The maximum absolute atomic E-state index is 13.8. The average Bonchev–Trinajstić information content (AvgIpc) is 2.78. The van der Waals surface area contributed by atoms with E-state index in [1.807, 2.05) is 37.3 Å². The molecular formula is C25H33FN3O2+. The zero-order valence-corrected chi connectivity index (χ0v) is 18.5. The van der Waals surface area contributed by atoms with Crippen LogP contribution in [-0.4, -0.2) is 48.4 Å². The predicted molar refractivity (Wildman–Crippen MR) is 121 cm³/mol. The number of amides is 2. The van der Waals surface area contributed by atoms with Crippen molar-refractivity contribution in [2.75, 3.05) is 31.5 Å². The number of likely N-dealkylation sites (tertiary alicyclic amines) is 1. The fraction of sp³-hybridized carbons (Fsp3) is 0.440. The topological polar surface area (TPSA) is 53.9 Å². The Balaban J connectivity index is 1.96. The Morgan fingerprint density at radius 2 is 1.74 bits per heavy atom. The molecule has 5 nitrogen and oxygen atoms in total. The first-order valence-corrected chi connectivity index (χ1v) is 11.3. The van der Waals surface area contributed by atoms with Gasteiger partial charge in [0.15, 0.2) is 0 Å². The van der Waals surface area contributed by atoms with Crippen LogP contribution in [0.15, 0.2) is 54.6 Å². The monoisotopic (exact) mass is 426 g/mol. The summed E-state index contributed by atoms with van der Waals surface area (Å²) in [6.45, 7) is 7.31. The van der Waals surface area contributed by atoms with E-state index in [0.29, 0.717) is 31.5 Å². The second-order valence-corrected chi connectivity index (χ2v) is 8.32. The standard InChI is InChI=1S/C25H32FN3O2/c1-3-15-28-17-13-25(14-18-28,24(31)27-22-11-6-5-7-12-22)29(16-4-2)23(30)20-9-8-10-21(26)19-20/h5-12,19H,3-4,13-18H2,1-2H3,(H,27,31)/p+1. The van der Waals surface area contributed by atoms with E-state index < -0.39 is 11.4 Å². The summed E-state index contributed by atoms with van der Waals surface area (Å²) in [6.07, 6.45) is 2.97. The lowest BCUT2D eigenvalue weighted by atomic mass is 9.83. The highest BCUT2D eigenvalue weighted by Gasteiger charge is 2.49. The van der Waals surface area contributed by atoms with Gasteiger partial charge in [0.05, 0.1) is 19.6 Å². The molecule has 0 spiro atoms. The number of anilines is 1. The van der Waals surface area contributed by atoms with Crippen molar-refractivity contribution in [3.8, 4) is 0 Å². The zero-order valence-electron chi connectivity index (χ0n) is 18.5. The van der Waals surface area contributed by atoms with E-state index in [4.69, 9.17) is 0 Å². The second-order valence-electron chi connectivity index (χ2n) is 8.32. The third kappa shape index (κ3) is 5.31. The Morgan fingerprint density at radius 1 is 1.03 bits per heavy atom. The summed E-state index contributed by atoms with van der Waals surface area (Å²) in [5, 5.41) is 3.04. The zero-order chi connectivity index (χ0) is 22.3. The van der Waals surface area contributed by atoms with E-state index in [0.717, 1.165) is 26.1 Å². The molecule has 3 rings (SSSR count). The van der Waals surface area contributed by atoms with Crippen LogP contribution in [-0.2, 0) is 4.79 Å². The first-order valence-electron chi connectivity index (χ1n) is 11.3. The molecule has 0 saturated carbocycles. The maximum atomic E-state index is 13.8. The molecule has 0 bridgehead atoms. The van der Waals surface area contributed by atoms with Crippen molar-refractivity contribution in [3.05, 3.63) is 66.0 Å². The lowest BCUT2D eigenvalue weighted by Gasteiger charge is -2.46. The van der Waals surface area contributed by atoms with E-state index in [1.54, 1.807) is 11.0 Å². The number of para-hydroxylation sites is 1. The lowest BCUT2D eigenvalue weighted by molar-refractivity contribution is -0.906. The molecule has 0 atom stereocenters. The van der Waals surface area contributed by atoms with Crippen LogP contribution in [0.3, 0.4) is 0 Å². The molecule has 0 unspecified atom stereocenters. The molecule has 1 heterocycles. The van der Waals surface area contributed by atoms with Crippen molar-refractivity contribution in [1.82, 2.24) is 4.90 Å². The van der Waals surface area contributed by atoms with Crippen molar-refractivity contribution in [3.63, 3.8) is 0 Å². The normalized spacial score (nSPS) is 20.8. The highest BCUT2D eigenvalue weighted by molar-refractivity contribution is 6.03. The number of halogens is 1. The number of hydrogen-bond donors (Lipinski definition) is 2. The van der Waals surface area contributed by atoms with Gasteiger partial charge in [-0.1, -0.05) is 38.1 Å². The maximum Gasteiger partial charge on any atom is 0.254 e. The Morgan fingerprint density at radius 3 is 2.35 bits per heavy atom. The van der Waals surface area contributed by atoms with Gasteiger partial charge in [0.25, 0.3) is 11.8 Å². The van der Waals surface area contributed by atoms with Crippen LogP contribution < -0.4 is 10.2 Å². The molecule has 0 aromatic heterocycles. The Hall–Kier alpha value is -2.73. The van der Waals surface area contributed by atoms with Crippen molar-refractivity contribution in [2.24, 2.45) is 0 Å². The van der Waals surface area contributed by atoms with Gasteiger partial charge in [0.1, 0.15) is 11.4 Å². The van der Waals surface area contributed by atoms with Crippen molar-refractivity contribution < 1.29 is 18.9 Å². The summed E-state index contributed by atoms with van der Waals surface area (Å²) in [7, 11) is 0. The molecule has 1 saturated heterocycles. The van der Waals surface area contributed by atoms with E-state index in [2.05, 4.69) is 12.2 Å². The molecule has 1 fully saturated rings. The molecule has 31 heavy (non-hydrogen) atoms. The number of benzene rings is 2. The Kier molecular flexibility index (Phi) is 7.80. The number of quaternary nitrogens is 1. The number of nitrogens with one attached hydrogen (secondary N) is 2.